The molecule has 20 heavy (non-hydrogen) atoms. The molecule has 0 unspecified atom stereocenters. The highest BCUT2D eigenvalue weighted by atomic mass is 15.2. The summed E-state index contributed by atoms with van der Waals surface area (Å²) in [6, 6.07) is 0. The molecule has 0 aromatic heterocycles. The first kappa shape index (κ1) is 19.9. The minimum atomic E-state index is 0.772. The first-order valence-electron chi connectivity index (χ1n) is 8.64. The third-order valence-electron chi connectivity index (χ3n) is 3.53. The van der Waals surface area contributed by atoms with Gasteiger partial charge in [0.1, 0.15) is 0 Å². The average Bonchev–Trinajstić information content (AvgIpc) is 2.38. The number of nitrogens with zero attached hydrogens (tertiary/aromatic N) is 2. The quantitative estimate of drug-likeness (QED) is 0.495. The van der Waals surface area contributed by atoms with Crippen molar-refractivity contribution in [1.29, 1.82) is 0 Å². The number of hydrogen-bond acceptors (Lipinski definition) is 3. The minimum Gasteiger partial charge on any atom is -0.316 e. The molecule has 0 heterocycles. The van der Waals surface area contributed by atoms with Crippen LogP contribution in [0.25, 0.3) is 0 Å². The number of rotatable bonds is 14. The van der Waals surface area contributed by atoms with Crippen LogP contribution in [0, 0.1) is 5.92 Å². The molecule has 0 fully saturated rings. The maximum atomic E-state index is 3.52. The van der Waals surface area contributed by atoms with E-state index in [2.05, 4.69) is 50.0 Å². The Morgan fingerprint density at radius 1 is 0.850 bits per heavy atom. The number of likely N-dealkylation sites (N-methyl/N-ethyl adjacent to an activating group) is 1. The molecule has 0 atom stereocenters. The fourth-order valence-electron chi connectivity index (χ4n) is 2.32. The SMILES string of the molecule is CCCN(CCCCCCNCC(C)C)CCN(C)C. The lowest BCUT2D eigenvalue weighted by Crippen LogP contribution is -2.33. The van der Waals surface area contributed by atoms with Crippen LogP contribution < -0.4 is 5.32 Å². The van der Waals surface area contributed by atoms with Gasteiger partial charge in [-0.25, -0.2) is 0 Å². The van der Waals surface area contributed by atoms with Crippen molar-refractivity contribution in [3.63, 3.8) is 0 Å². The van der Waals surface area contributed by atoms with Crippen LogP contribution in [0.15, 0.2) is 0 Å². The molecule has 0 radical (unpaired) electrons. The lowest BCUT2D eigenvalue weighted by Gasteiger charge is -2.23. The summed E-state index contributed by atoms with van der Waals surface area (Å²) in [5, 5.41) is 3.52. The smallest absolute Gasteiger partial charge is 0.0109 e. The summed E-state index contributed by atoms with van der Waals surface area (Å²) in [6.07, 6.45) is 6.71. The zero-order chi connectivity index (χ0) is 15.2. The van der Waals surface area contributed by atoms with Crippen LogP contribution in [-0.2, 0) is 0 Å². The van der Waals surface area contributed by atoms with E-state index in [0.717, 1.165) is 12.5 Å². The van der Waals surface area contributed by atoms with E-state index in [1.54, 1.807) is 0 Å². The Kier molecular flexibility index (Phi) is 13.8. The highest BCUT2D eigenvalue weighted by Crippen LogP contribution is 2.02. The summed E-state index contributed by atoms with van der Waals surface area (Å²) in [7, 11) is 4.32. The maximum Gasteiger partial charge on any atom is 0.0109 e. The van der Waals surface area contributed by atoms with E-state index in [4.69, 9.17) is 0 Å². The van der Waals surface area contributed by atoms with Crippen LogP contribution in [0.1, 0.15) is 52.9 Å². The molecule has 3 heteroatoms. The highest BCUT2D eigenvalue weighted by molar-refractivity contribution is 4.60. The van der Waals surface area contributed by atoms with Gasteiger partial charge in [0.25, 0.3) is 0 Å². The summed E-state index contributed by atoms with van der Waals surface area (Å²) in [5.74, 6) is 0.772. The second-order valence-electron chi connectivity index (χ2n) is 6.66. The van der Waals surface area contributed by atoms with Crippen molar-refractivity contribution in [3.8, 4) is 0 Å². The molecule has 3 nitrogen and oxygen atoms in total. The average molecular weight is 286 g/mol. The van der Waals surface area contributed by atoms with Gasteiger partial charge in [-0.05, 0) is 65.5 Å². The number of hydrogen-bond donors (Lipinski definition) is 1. The van der Waals surface area contributed by atoms with E-state index >= 15 is 0 Å². The largest absolute Gasteiger partial charge is 0.316 e. The fourth-order valence-corrected chi connectivity index (χ4v) is 2.32. The topological polar surface area (TPSA) is 18.5 Å². The zero-order valence-electron chi connectivity index (χ0n) is 14.7. The van der Waals surface area contributed by atoms with E-state index < -0.39 is 0 Å². The Labute approximate surface area is 128 Å². The molecular formula is C17H39N3. The van der Waals surface area contributed by atoms with Gasteiger partial charge in [-0.2, -0.15) is 0 Å². The van der Waals surface area contributed by atoms with Crippen molar-refractivity contribution >= 4 is 0 Å². The van der Waals surface area contributed by atoms with E-state index in [1.165, 1.54) is 64.8 Å². The van der Waals surface area contributed by atoms with Gasteiger partial charge in [0.15, 0.2) is 0 Å². The Morgan fingerprint density at radius 2 is 1.55 bits per heavy atom. The lowest BCUT2D eigenvalue weighted by molar-refractivity contribution is 0.236. The Hall–Kier alpha value is -0.120. The van der Waals surface area contributed by atoms with Crippen LogP contribution in [0.4, 0.5) is 0 Å². The monoisotopic (exact) mass is 285 g/mol. The van der Waals surface area contributed by atoms with Gasteiger partial charge in [-0.3, -0.25) is 0 Å². The normalized spacial score (nSPS) is 12.0. The molecule has 0 aliphatic carbocycles. The highest BCUT2D eigenvalue weighted by Gasteiger charge is 2.03. The number of unbranched alkanes of at least 4 members (excludes halogenated alkanes) is 3. The predicted molar refractivity (Wildman–Crippen MR) is 91.5 cm³/mol. The van der Waals surface area contributed by atoms with Crippen molar-refractivity contribution < 1.29 is 0 Å². The molecule has 0 aliphatic rings. The summed E-state index contributed by atoms with van der Waals surface area (Å²) < 4.78 is 0. The standard InChI is InChI=1S/C17H39N3/c1-6-12-20(15-14-19(4)5)13-10-8-7-9-11-18-16-17(2)3/h17-18H,6-16H2,1-5H3. The predicted octanol–water partition coefficient (Wildman–Crippen LogP) is 3.07. The number of nitrogens with one attached hydrogen (secondary N) is 1. The van der Waals surface area contributed by atoms with E-state index in [-0.39, 0.29) is 0 Å². The summed E-state index contributed by atoms with van der Waals surface area (Å²) in [4.78, 5) is 4.90. The van der Waals surface area contributed by atoms with Crippen LogP contribution >= 0.6 is 0 Å². The first-order chi connectivity index (χ1) is 9.56. The maximum absolute atomic E-state index is 3.52. The van der Waals surface area contributed by atoms with Gasteiger partial charge < -0.3 is 15.1 Å². The van der Waals surface area contributed by atoms with Gasteiger partial charge in [-0.15, -0.1) is 0 Å². The molecule has 0 spiro atoms. The summed E-state index contributed by atoms with van der Waals surface area (Å²) in [5.41, 5.74) is 0. The first-order valence-corrected chi connectivity index (χ1v) is 8.64. The molecule has 0 bridgehead atoms. The van der Waals surface area contributed by atoms with Gasteiger partial charge in [-0.1, -0.05) is 33.6 Å². The summed E-state index contributed by atoms with van der Waals surface area (Å²) >= 11 is 0. The van der Waals surface area contributed by atoms with E-state index in [0.29, 0.717) is 0 Å². The minimum absolute atomic E-state index is 0.772. The van der Waals surface area contributed by atoms with Gasteiger partial charge in [0.05, 0.1) is 0 Å². The second kappa shape index (κ2) is 13.8. The van der Waals surface area contributed by atoms with Crippen molar-refractivity contribution in [2.75, 3.05) is 53.4 Å². The third-order valence-corrected chi connectivity index (χ3v) is 3.53. The molecule has 1 N–H and O–H groups in total. The Bertz CT molecular complexity index is 193. The van der Waals surface area contributed by atoms with Crippen LogP contribution in [0.5, 0.6) is 0 Å². The molecule has 0 rings (SSSR count). The van der Waals surface area contributed by atoms with Crippen molar-refractivity contribution in [2.24, 2.45) is 5.92 Å². The van der Waals surface area contributed by atoms with Gasteiger partial charge >= 0.3 is 0 Å². The lowest BCUT2D eigenvalue weighted by atomic mass is 10.1. The van der Waals surface area contributed by atoms with Crippen molar-refractivity contribution in [3.05, 3.63) is 0 Å². The zero-order valence-corrected chi connectivity index (χ0v) is 14.7. The molecule has 0 saturated carbocycles. The van der Waals surface area contributed by atoms with E-state index in [1.807, 2.05) is 0 Å². The second-order valence-corrected chi connectivity index (χ2v) is 6.66. The Morgan fingerprint density at radius 3 is 2.15 bits per heavy atom. The van der Waals surface area contributed by atoms with Crippen molar-refractivity contribution in [1.82, 2.24) is 15.1 Å². The molecule has 122 valence electrons. The Balaban J connectivity index is 3.43. The molecule has 0 amide bonds. The van der Waals surface area contributed by atoms with Crippen LogP contribution in [0.3, 0.4) is 0 Å². The van der Waals surface area contributed by atoms with E-state index in [9.17, 15) is 0 Å². The third kappa shape index (κ3) is 14.3. The fraction of sp³-hybridized carbons (Fsp3) is 1.00. The van der Waals surface area contributed by atoms with Gasteiger partial charge in [0.2, 0.25) is 0 Å². The van der Waals surface area contributed by atoms with Gasteiger partial charge in [0, 0.05) is 13.1 Å². The summed E-state index contributed by atoms with van der Waals surface area (Å²) in [6.45, 7) is 14.1. The molecule has 0 aromatic carbocycles. The van der Waals surface area contributed by atoms with Crippen molar-refractivity contribution in [2.45, 2.75) is 52.9 Å². The van der Waals surface area contributed by atoms with Crippen LogP contribution in [-0.4, -0.2) is 63.2 Å². The molecular weight excluding hydrogens is 246 g/mol. The van der Waals surface area contributed by atoms with Crippen LogP contribution in [0.2, 0.25) is 0 Å². The molecule has 0 saturated heterocycles. The molecule has 0 aromatic rings. The molecule has 0 aliphatic heterocycles.